The summed E-state index contributed by atoms with van der Waals surface area (Å²) in [5.41, 5.74) is 1.16. The van der Waals surface area contributed by atoms with Crippen LogP contribution in [0.5, 0.6) is 11.5 Å². The Hall–Kier alpha value is -0.970. The van der Waals surface area contributed by atoms with Gasteiger partial charge in [-0.1, -0.05) is 41.1 Å². The molecule has 4 heteroatoms. The number of hydrogen-bond donors (Lipinski definition) is 1. The Morgan fingerprint density at radius 2 is 1.95 bits per heavy atom. The molecule has 2 aromatic carbocycles. The van der Waals surface area contributed by atoms with E-state index in [9.17, 15) is 0 Å². The lowest BCUT2D eigenvalue weighted by Crippen LogP contribution is -2.12. The van der Waals surface area contributed by atoms with Crippen molar-refractivity contribution in [3.05, 3.63) is 52.5 Å². The van der Waals surface area contributed by atoms with E-state index < -0.39 is 0 Å². The summed E-state index contributed by atoms with van der Waals surface area (Å²) in [6.07, 6.45) is 2.06. The van der Waals surface area contributed by atoms with E-state index in [0.717, 1.165) is 39.5 Å². The molecule has 0 aliphatic carbocycles. The minimum absolute atomic E-state index is 0.806. The topological polar surface area (TPSA) is 21.3 Å². The van der Waals surface area contributed by atoms with Crippen molar-refractivity contribution in [3.63, 3.8) is 0 Å². The van der Waals surface area contributed by atoms with E-state index in [2.05, 4.69) is 46.6 Å². The molecule has 0 aromatic heterocycles. The summed E-state index contributed by atoms with van der Waals surface area (Å²) in [6.45, 7) is 3.85. The molecule has 0 bridgehead atoms. The second-order valence-electron chi connectivity index (χ2n) is 4.29. The van der Waals surface area contributed by atoms with Crippen molar-refractivity contribution in [2.45, 2.75) is 18.4 Å². The van der Waals surface area contributed by atoms with Crippen molar-refractivity contribution in [2.24, 2.45) is 0 Å². The van der Waals surface area contributed by atoms with Crippen LogP contribution in [0, 0.1) is 0 Å². The molecule has 0 radical (unpaired) electrons. The van der Waals surface area contributed by atoms with E-state index >= 15 is 0 Å². The molecule has 2 aromatic rings. The highest BCUT2D eigenvalue weighted by Crippen LogP contribution is 2.34. The summed E-state index contributed by atoms with van der Waals surface area (Å²) >= 11 is 5.20. The SMILES string of the molecule is CCNCc1ccc(Br)cc1Oc1ccccc1SC. The van der Waals surface area contributed by atoms with Gasteiger partial charge in [0.25, 0.3) is 0 Å². The van der Waals surface area contributed by atoms with Crippen LogP contribution in [0.2, 0.25) is 0 Å². The standard InChI is InChI=1S/C16H18BrNOS/c1-3-18-11-12-8-9-13(17)10-15(12)19-14-6-4-5-7-16(14)20-2/h4-10,18H,3,11H2,1-2H3. The molecule has 106 valence electrons. The first-order valence-corrected chi connectivity index (χ1v) is 8.56. The molecule has 0 fully saturated rings. The molecule has 0 unspecified atom stereocenters. The number of nitrogens with one attached hydrogen (secondary N) is 1. The zero-order valence-corrected chi connectivity index (χ0v) is 14.1. The molecule has 1 N–H and O–H groups in total. The van der Waals surface area contributed by atoms with Crippen LogP contribution in [0.25, 0.3) is 0 Å². The molecule has 20 heavy (non-hydrogen) atoms. The van der Waals surface area contributed by atoms with Crippen LogP contribution < -0.4 is 10.1 Å². The highest BCUT2D eigenvalue weighted by Gasteiger charge is 2.08. The molecule has 0 saturated heterocycles. The maximum atomic E-state index is 6.12. The maximum absolute atomic E-state index is 6.12. The molecule has 0 heterocycles. The number of ether oxygens (including phenoxy) is 1. The zero-order valence-electron chi connectivity index (χ0n) is 11.7. The summed E-state index contributed by atoms with van der Waals surface area (Å²) in [5, 5.41) is 3.34. The fourth-order valence-corrected chi connectivity index (χ4v) is 2.72. The summed E-state index contributed by atoms with van der Waals surface area (Å²) < 4.78 is 7.14. The Labute approximate surface area is 133 Å². The second kappa shape index (κ2) is 7.72. The van der Waals surface area contributed by atoms with Crippen LogP contribution >= 0.6 is 27.7 Å². The highest BCUT2D eigenvalue weighted by atomic mass is 79.9. The molecule has 0 spiro atoms. The van der Waals surface area contributed by atoms with E-state index in [0.29, 0.717) is 0 Å². The number of halogens is 1. The largest absolute Gasteiger partial charge is 0.456 e. The molecule has 0 atom stereocenters. The van der Waals surface area contributed by atoms with Crippen LogP contribution in [-0.2, 0) is 6.54 Å². The van der Waals surface area contributed by atoms with Gasteiger partial charge in [-0.05, 0) is 37.1 Å². The molecular weight excluding hydrogens is 334 g/mol. The maximum Gasteiger partial charge on any atom is 0.140 e. The number of hydrogen-bond acceptors (Lipinski definition) is 3. The van der Waals surface area contributed by atoms with Crippen molar-refractivity contribution in [1.29, 1.82) is 0 Å². The van der Waals surface area contributed by atoms with E-state index in [1.54, 1.807) is 11.8 Å². The van der Waals surface area contributed by atoms with Gasteiger partial charge in [0.2, 0.25) is 0 Å². The van der Waals surface area contributed by atoms with Gasteiger partial charge >= 0.3 is 0 Å². The first-order chi connectivity index (χ1) is 9.74. The van der Waals surface area contributed by atoms with Crippen molar-refractivity contribution in [2.75, 3.05) is 12.8 Å². The summed E-state index contributed by atoms with van der Waals surface area (Å²) in [4.78, 5) is 1.14. The van der Waals surface area contributed by atoms with Crippen LogP contribution in [0.1, 0.15) is 12.5 Å². The monoisotopic (exact) mass is 351 g/mol. The Kier molecular flexibility index (Phi) is 5.95. The lowest BCUT2D eigenvalue weighted by atomic mass is 10.2. The van der Waals surface area contributed by atoms with Gasteiger partial charge < -0.3 is 10.1 Å². The van der Waals surface area contributed by atoms with Gasteiger partial charge in [0.15, 0.2) is 0 Å². The van der Waals surface area contributed by atoms with Gasteiger partial charge in [-0.3, -0.25) is 0 Å². The molecule has 0 amide bonds. The normalized spacial score (nSPS) is 10.6. The van der Waals surface area contributed by atoms with Crippen LogP contribution in [0.4, 0.5) is 0 Å². The molecule has 2 rings (SSSR count). The zero-order chi connectivity index (χ0) is 14.4. The Bertz CT molecular complexity index is 574. The van der Waals surface area contributed by atoms with E-state index in [4.69, 9.17) is 4.74 Å². The molecular formula is C16H18BrNOS. The lowest BCUT2D eigenvalue weighted by molar-refractivity contribution is 0.462. The minimum atomic E-state index is 0.806. The smallest absolute Gasteiger partial charge is 0.140 e. The molecule has 2 nitrogen and oxygen atoms in total. The van der Waals surface area contributed by atoms with E-state index in [-0.39, 0.29) is 0 Å². The number of thioether (sulfide) groups is 1. The molecule has 0 aliphatic rings. The van der Waals surface area contributed by atoms with E-state index in [1.807, 2.05) is 30.3 Å². The van der Waals surface area contributed by atoms with Crippen molar-refractivity contribution in [3.8, 4) is 11.5 Å². The van der Waals surface area contributed by atoms with Crippen molar-refractivity contribution < 1.29 is 4.74 Å². The minimum Gasteiger partial charge on any atom is -0.456 e. The summed E-state index contributed by atoms with van der Waals surface area (Å²) in [6, 6.07) is 14.2. The van der Waals surface area contributed by atoms with Gasteiger partial charge in [-0.2, -0.15) is 0 Å². The lowest BCUT2D eigenvalue weighted by Gasteiger charge is -2.14. The van der Waals surface area contributed by atoms with Gasteiger partial charge in [-0.25, -0.2) is 0 Å². The fraction of sp³-hybridized carbons (Fsp3) is 0.250. The Morgan fingerprint density at radius 3 is 2.70 bits per heavy atom. The third kappa shape index (κ3) is 4.01. The van der Waals surface area contributed by atoms with Gasteiger partial charge in [-0.15, -0.1) is 11.8 Å². The molecule has 0 aliphatic heterocycles. The van der Waals surface area contributed by atoms with Crippen LogP contribution in [0.15, 0.2) is 51.8 Å². The Balaban J connectivity index is 2.29. The van der Waals surface area contributed by atoms with Crippen LogP contribution in [0.3, 0.4) is 0 Å². The van der Waals surface area contributed by atoms with Crippen LogP contribution in [-0.4, -0.2) is 12.8 Å². The summed E-state index contributed by atoms with van der Waals surface area (Å²) in [5.74, 6) is 1.79. The van der Waals surface area contributed by atoms with Gasteiger partial charge in [0, 0.05) is 21.5 Å². The van der Waals surface area contributed by atoms with Crippen molar-refractivity contribution >= 4 is 27.7 Å². The predicted octanol–water partition coefficient (Wildman–Crippen LogP) is 5.07. The van der Waals surface area contributed by atoms with Crippen molar-refractivity contribution in [1.82, 2.24) is 5.32 Å². The van der Waals surface area contributed by atoms with Gasteiger partial charge in [0.05, 0.1) is 0 Å². The number of rotatable bonds is 6. The Morgan fingerprint density at radius 1 is 1.15 bits per heavy atom. The quantitative estimate of drug-likeness (QED) is 0.733. The first kappa shape index (κ1) is 15.4. The first-order valence-electron chi connectivity index (χ1n) is 6.54. The summed E-state index contributed by atoms with van der Waals surface area (Å²) in [7, 11) is 0. The number of para-hydroxylation sites is 1. The third-order valence-corrected chi connectivity index (χ3v) is 4.15. The average molecular weight is 352 g/mol. The predicted molar refractivity (Wildman–Crippen MR) is 89.8 cm³/mol. The van der Waals surface area contributed by atoms with Gasteiger partial charge in [0.1, 0.15) is 11.5 Å². The van der Waals surface area contributed by atoms with E-state index in [1.165, 1.54) is 0 Å². The molecule has 0 saturated carbocycles. The fourth-order valence-electron chi connectivity index (χ4n) is 1.85. The highest BCUT2D eigenvalue weighted by molar-refractivity contribution is 9.10. The third-order valence-electron chi connectivity index (χ3n) is 2.88. The average Bonchev–Trinajstić information content (AvgIpc) is 2.47. The number of benzene rings is 2. The second-order valence-corrected chi connectivity index (χ2v) is 6.05.